The highest BCUT2D eigenvalue weighted by Gasteiger charge is 2.35. The molecule has 17 heavy (non-hydrogen) atoms. The van der Waals surface area contributed by atoms with E-state index in [-0.39, 0.29) is 11.4 Å². The first-order chi connectivity index (χ1) is 8.00. The van der Waals surface area contributed by atoms with Crippen molar-refractivity contribution in [3.63, 3.8) is 0 Å². The number of carbonyl (C=O) groups excluding carboxylic acids is 1. The number of hydrogen-bond acceptors (Lipinski definition) is 4. The molecule has 1 aromatic rings. The van der Waals surface area contributed by atoms with Gasteiger partial charge in [-0.3, -0.25) is 4.79 Å². The Morgan fingerprint density at radius 2 is 2.41 bits per heavy atom. The minimum Gasteiger partial charge on any atom is -0.711 e. The van der Waals surface area contributed by atoms with Crippen LogP contribution in [0, 0.1) is 5.21 Å². The topological polar surface area (TPSA) is 72.2 Å². The molecule has 0 saturated carbocycles. The Bertz CT molecular complexity index is 416. The molecule has 1 aliphatic heterocycles. The van der Waals surface area contributed by atoms with Crippen LogP contribution < -0.4 is 10.0 Å². The number of nitrogens with one attached hydrogen (secondary N) is 1. The number of nitrogens with zero attached hydrogens (tertiary/aromatic N) is 3. The second kappa shape index (κ2) is 4.29. The Kier molecular flexibility index (Phi) is 2.97. The standard InChI is InChI=1S/C11H16N4O2/c1-11(2)7-12-4-6-15(11)10(16)9-3-5-14(17)8-13-9/h3,5,8,12H,4,6-7H2,1-2H3. The molecule has 1 N–H and O–H groups in total. The van der Waals surface area contributed by atoms with Crippen molar-refractivity contribution in [1.29, 1.82) is 0 Å². The van der Waals surface area contributed by atoms with E-state index in [1.807, 2.05) is 13.8 Å². The maximum atomic E-state index is 12.3. The third-order valence-corrected chi connectivity index (χ3v) is 2.95. The fraction of sp³-hybridized carbons (Fsp3) is 0.545. The van der Waals surface area contributed by atoms with Gasteiger partial charge < -0.3 is 15.4 Å². The van der Waals surface area contributed by atoms with E-state index in [2.05, 4.69) is 10.3 Å². The second-order valence-electron chi connectivity index (χ2n) is 4.75. The predicted molar refractivity (Wildman–Crippen MR) is 61.2 cm³/mol. The summed E-state index contributed by atoms with van der Waals surface area (Å²) in [6.07, 6.45) is 2.39. The van der Waals surface area contributed by atoms with Gasteiger partial charge in [0.1, 0.15) is 0 Å². The molecule has 0 atom stereocenters. The van der Waals surface area contributed by atoms with E-state index in [4.69, 9.17) is 0 Å². The Labute approximate surface area is 99.8 Å². The van der Waals surface area contributed by atoms with Crippen LogP contribution in [-0.2, 0) is 0 Å². The summed E-state index contributed by atoms with van der Waals surface area (Å²) in [5.74, 6) is -0.128. The van der Waals surface area contributed by atoms with Gasteiger partial charge in [0.05, 0.1) is 11.7 Å². The number of aromatic nitrogens is 2. The Hall–Kier alpha value is -1.69. The van der Waals surface area contributed by atoms with Gasteiger partial charge in [0.2, 0.25) is 5.69 Å². The van der Waals surface area contributed by atoms with Gasteiger partial charge in [-0.1, -0.05) is 0 Å². The molecular formula is C11H16N4O2. The van der Waals surface area contributed by atoms with Crippen molar-refractivity contribution >= 4 is 5.91 Å². The molecule has 6 heteroatoms. The molecule has 1 aliphatic rings. The quantitative estimate of drug-likeness (QED) is 0.529. The Morgan fingerprint density at radius 3 is 3.00 bits per heavy atom. The van der Waals surface area contributed by atoms with E-state index < -0.39 is 0 Å². The van der Waals surface area contributed by atoms with E-state index in [0.29, 0.717) is 17.0 Å². The van der Waals surface area contributed by atoms with Crippen LogP contribution in [0.3, 0.4) is 0 Å². The number of hydrogen-bond donors (Lipinski definition) is 1. The fourth-order valence-electron chi connectivity index (χ4n) is 1.97. The lowest BCUT2D eigenvalue weighted by Crippen LogP contribution is -2.60. The van der Waals surface area contributed by atoms with Crippen LogP contribution in [0.25, 0.3) is 0 Å². The lowest BCUT2D eigenvalue weighted by atomic mass is 9.99. The van der Waals surface area contributed by atoms with Gasteiger partial charge in [-0.15, -0.1) is 0 Å². The van der Waals surface area contributed by atoms with E-state index in [0.717, 1.165) is 19.4 Å². The highest BCUT2D eigenvalue weighted by Crippen LogP contribution is 2.18. The third-order valence-electron chi connectivity index (χ3n) is 2.95. The van der Waals surface area contributed by atoms with E-state index in [1.54, 1.807) is 4.90 Å². The molecule has 0 unspecified atom stereocenters. The number of carbonyl (C=O) groups is 1. The minimum absolute atomic E-state index is 0.128. The normalized spacial score (nSPS) is 19.1. The first kappa shape index (κ1) is 11.8. The zero-order chi connectivity index (χ0) is 12.5. The van der Waals surface area contributed by atoms with Crippen molar-refractivity contribution in [3.05, 3.63) is 29.5 Å². The van der Waals surface area contributed by atoms with Gasteiger partial charge in [-0.2, -0.15) is 0 Å². The second-order valence-corrected chi connectivity index (χ2v) is 4.75. The molecule has 1 aromatic heterocycles. The molecule has 0 aliphatic carbocycles. The summed E-state index contributed by atoms with van der Waals surface area (Å²) in [4.78, 5) is 17.9. The lowest BCUT2D eigenvalue weighted by Gasteiger charge is -2.42. The average molecular weight is 236 g/mol. The van der Waals surface area contributed by atoms with Crippen molar-refractivity contribution < 1.29 is 9.52 Å². The van der Waals surface area contributed by atoms with Crippen LogP contribution in [0.2, 0.25) is 0 Å². The van der Waals surface area contributed by atoms with Gasteiger partial charge in [0.15, 0.2) is 0 Å². The summed E-state index contributed by atoms with van der Waals surface area (Å²) in [7, 11) is 0. The van der Waals surface area contributed by atoms with Crippen LogP contribution in [0.5, 0.6) is 0 Å². The van der Waals surface area contributed by atoms with Crippen molar-refractivity contribution in [3.8, 4) is 0 Å². The SMILES string of the molecule is CC1(C)CNCCN1C(=O)c1cc[n+]([O-])cn1. The van der Waals surface area contributed by atoms with Crippen molar-refractivity contribution in [2.45, 2.75) is 19.4 Å². The van der Waals surface area contributed by atoms with Gasteiger partial charge in [-0.25, -0.2) is 4.73 Å². The van der Waals surface area contributed by atoms with Crippen LogP contribution in [0.1, 0.15) is 24.3 Å². The molecule has 2 rings (SSSR count). The molecule has 1 amide bonds. The third kappa shape index (κ3) is 2.36. The minimum atomic E-state index is -0.236. The number of piperazine rings is 1. The first-order valence-electron chi connectivity index (χ1n) is 5.58. The smallest absolute Gasteiger partial charge is 0.298 e. The summed E-state index contributed by atoms with van der Waals surface area (Å²) in [5.41, 5.74) is 0.0763. The van der Waals surface area contributed by atoms with Crippen LogP contribution in [0.15, 0.2) is 18.6 Å². The van der Waals surface area contributed by atoms with Crippen molar-refractivity contribution in [2.24, 2.45) is 0 Å². The summed E-state index contributed by atoms with van der Waals surface area (Å²) in [6, 6.07) is 1.45. The highest BCUT2D eigenvalue weighted by atomic mass is 16.5. The average Bonchev–Trinajstić information content (AvgIpc) is 2.28. The summed E-state index contributed by atoms with van der Waals surface area (Å²) in [6.45, 7) is 6.21. The van der Waals surface area contributed by atoms with E-state index >= 15 is 0 Å². The van der Waals surface area contributed by atoms with Crippen LogP contribution in [-0.4, -0.2) is 41.0 Å². The summed E-state index contributed by atoms with van der Waals surface area (Å²) < 4.78 is 0.569. The van der Waals surface area contributed by atoms with Gasteiger partial charge in [0.25, 0.3) is 12.2 Å². The molecule has 2 heterocycles. The molecule has 0 bridgehead atoms. The maximum Gasteiger partial charge on any atom is 0.298 e. The molecule has 6 nitrogen and oxygen atoms in total. The zero-order valence-corrected chi connectivity index (χ0v) is 10.0. The van der Waals surface area contributed by atoms with Crippen LogP contribution in [0.4, 0.5) is 0 Å². The molecule has 92 valence electrons. The van der Waals surface area contributed by atoms with Gasteiger partial charge in [0, 0.05) is 25.7 Å². The molecule has 1 saturated heterocycles. The molecule has 0 radical (unpaired) electrons. The molecule has 1 fully saturated rings. The lowest BCUT2D eigenvalue weighted by molar-refractivity contribution is -0.608. The van der Waals surface area contributed by atoms with Crippen LogP contribution >= 0.6 is 0 Å². The Morgan fingerprint density at radius 1 is 1.65 bits per heavy atom. The van der Waals surface area contributed by atoms with E-state index in [9.17, 15) is 10.0 Å². The van der Waals surface area contributed by atoms with Crippen molar-refractivity contribution in [1.82, 2.24) is 15.2 Å². The summed E-state index contributed by atoms with van der Waals surface area (Å²) >= 11 is 0. The zero-order valence-electron chi connectivity index (χ0n) is 10.0. The molecular weight excluding hydrogens is 220 g/mol. The number of rotatable bonds is 1. The van der Waals surface area contributed by atoms with Gasteiger partial charge in [-0.05, 0) is 18.8 Å². The van der Waals surface area contributed by atoms with Gasteiger partial charge >= 0.3 is 0 Å². The first-order valence-corrected chi connectivity index (χ1v) is 5.58. The highest BCUT2D eigenvalue weighted by molar-refractivity contribution is 5.92. The summed E-state index contributed by atoms with van der Waals surface area (Å²) in [5, 5.41) is 14.1. The Balaban J connectivity index is 2.21. The monoisotopic (exact) mass is 236 g/mol. The fourth-order valence-corrected chi connectivity index (χ4v) is 1.97. The maximum absolute atomic E-state index is 12.3. The number of amides is 1. The molecule has 0 aromatic carbocycles. The predicted octanol–water partition coefficient (Wildman–Crippen LogP) is -0.461. The largest absolute Gasteiger partial charge is 0.711 e. The van der Waals surface area contributed by atoms with Crippen molar-refractivity contribution in [2.75, 3.05) is 19.6 Å². The molecule has 0 spiro atoms. The van der Waals surface area contributed by atoms with E-state index in [1.165, 1.54) is 12.3 Å².